The van der Waals surface area contributed by atoms with E-state index in [9.17, 15) is 15.0 Å². The molecule has 6 rings (SSSR count). The second-order valence-electron chi connectivity index (χ2n) is 10.7. The largest absolute Gasteiger partial charge is 0.507 e. The highest BCUT2D eigenvalue weighted by atomic mass is 16.5. The van der Waals surface area contributed by atoms with Crippen molar-refractivity contribution in [1.29, 1.82) is 0 Å². The molecular formula is C32H33N3O5. The Kier molecular flexibility index (Phi) is 7.28. The van der Waals surface area contributed by atoms with Crippen molar-refractivity contribution in [3.05, 3.63) is 77.5 Å². The molecule has 3 N–H and O–H groups in total. The lowest BCUT2D eigenvalue weighted by atomic mass is 9.92. The lowest BCUT2D eigenvalue weighted by molar-refractivity contribution is 0.0342. The Morgan fingerprint density at radius 2 is 1.62 bits per heavy atom. The molecular weight excluding hydrogens is 506 g/mol. The molecule has 206 valence electrons. The molecule has 1 saturated heterocycles. The number of nitrogens with one attached hydrogen (secondary N) is 1. The third-order valence-corrected chi connectivity index (χ3v) is 7.82. The zero-order valence-electron chi connectivity index (χ0n) is 22.5. The minimum atomic E-state index is -0.302. The van der Waals surface area contributed by atoms with Crippen LogP contribution in [0, 0.1) is 6.92 Å². The molecule has 0 spiro atoms. The van der Waals surface area contributed by atoms with Crippen molar-refractivity contribution < 1.29 is 24.3 Å². The molecule has 4 aromatic rings. The van der Waals surface area contributed by atoms with E-state index in [0.29, 0.717) is 16.7 Å². The predicted molar refractivity (Wildman–Crippen MR) is 152 cm³/mol. The van der Waals surface area contributed by atoms with Gasteiger partial charge in [0.15, 0.2) is 11.5 Å². The Hall–Kier alpha value is -4.14. The molecule has 1 saturated carbocycles. The molecule has 2 fully saturated rings. The number of hydrogen-bond donors (Lipinski definition) is 3. The standard InChI is InChI=1S/C32H33N3O5/c1-20-5-9-22(10-6-20)25-17-26(28(37)18-27(25)36)31-29(30(34-40-31)32(38)33-24-3-2-4-24)23-11-7-21(8-12-23)19-35-13-15-39-16-14-35/h5-12,17-18,24,36-37H,2-4,13-16,19H2,1H3,(H,33,38). The van der Waals surface area contributed by atoms with Gasteiger partial charge in [0, 0.05) is 37.3 Å². The van der Waals surface area contributed by atoms with Gasteiger partial charge < -0.3 is 24.8 Å². The van der Waals surface area contributed by atoms with E-state index in [2.05, 4.69) is 15.4 Å². The van der Waals surface area contributed by atoms with Gasteiger partial charge in [-0.1, -0.05) is 59.3 Å². The number of phenolic OH excluding ortho intramolecular Hbond substituents is 2. The van der Waals surface area contributed by atoms with Gasteiger partial charge in [0.25, 0.3) is 5.91 Å². The number of morpholine rings is 1. The van der Waals surface area contributed by atoms with Crippen LogP contribution in [0.3, 0.4) is 0 Å². The number of phenols is 2. The van der Waals surface area contributed by atoms with Crippen LogP contribution >= 0.6 is 0 Å². The normalized spacial score (nSPS) is 16.0. The minimum absolute atomic E-state index is 0.0541. The summed E-state index contributed by atoms with van der Waals surface area (Å²) in [5, 5.41) is 28.9. The van der Waals surface area contributed by atoms with Gasteiger partial charge in [0.2, 0.25) is 0 Å². The van der Waals surface area contributed by atoms with E-state index in [-0.39, 0.29) is 34.9 Å². The zero-order chi connectivity index (χ0) is 27.6. The maximum absolute atomic E-state index is 13.3. The monoisotopic (exact) mass is 539 g/mol. The first-order valence-electron chi connectivity index (χ1n) is 13.8. The molecule has 0 radical (unpaired) electrons. The van der Waals surface area contributed by atoms with E-state index in [0.717, 1.165) is 74.4 Å². The average Bonchev–Trinajstić information content (AvgIpc) is 3.37. The number of benzene rings is 3. The number of aryl methyl sites for hydroxylation is 1. The lowest BCUT2D eigenvalue weighted by Crippen LogP contribution is -2.39. The average molecular weight is 540 g/mol. The summed E-state index contributed by atoms with van der Waals surface area (Å²) in [7, 11) is 0. The van der Waals surface area contributed by atoms with Gasteiger partial charge >= 0.3 is 0 Å². The highest BCUT2D eigenvalue weighted by molar-refractivity contribution is 6.03. The SMILES string of the molecule is Cc1ccc(-c2cc(-c3onc(C(=O)NC4CCC4)c3-c3ccc(CN4CCOCC4)cc3)c(O)cc2O)cc1. The Balaban J connectivity index is 1.40. The number of aromatic hydroxyl groups is 2. The van der Waals surface area contributed by atoms with Crippen LogP contribution in [-0.2, 0) is 11.3 Å². The van der Waals surface area contributed by atoms with Crippen molar-refractivity contribution in [1.82, 2.24) is 15.4 Å². The number of amides is 1. The fourth-order valence-corrected chi connectivity index (χ4v) is 5.22. The first-order chi connectivity index (χ1) is 19.5. The number of carbonyl (C=O) groups excluding carboxylic acids is 1. The molecule has 0 unspecified atom stereocenters. The Morgan fingerprint density at radius 1 is 0.950 bits per heavy atom. The van der Waals surface area contributed by atoms with Gasteiger partial charge in [-0.2, -0.15) is 0 Å². The molecule has 3 aromatic carbocycles. The Morgan fingerprint density at radius 3 is 2.30 bits per heavy atom. The summed E-state index contributed by atoms with van der Waals surface area (Å²) in [5.41, 5.74) is 5.35. The maximum Gasteiger partial charge on any atom is 0.274 e. The van der Waals surface area contributed by atoms with Crippen molar-refractivity contribution in [2.45, 2.75) is 38.8 Å². The van der Waals surface area contributed by atoms with Crippen LogP contribution < -0.4 is 5.32 Å². The Bertz CT molecular complexity index is 1500. The summed E-state index contributed by atoms with van der Waals surface area (Å²) in [6.07, 6.45) is 2.98. The first kappa shape index (κ1) is 26.1. The molecule has 1 amide bonds. The summed E-state index contributed by atoms with van der Waals surface area (Å²) in [4.78, 5) is 15.7. The van der Waals surface area contributed by atoms with Gasteiger partial charge in [0.05, 0.1) is 24.3 Å². The van der Waals surface area contributed by atoms with Gasteiger partial charge in [0.1, 0.15) is 11.5 Å². The Labute approximate surface area is 233 Å². The molecule has 2 aliphatic rings. The van der Waals surface area contributed by atoms with E-state index < -0.39 is 0 Å². The topological polar surface area (TPSA) is 108 Å². The second kappa shape index (κ2) is 11.2. The van der Waals surface area contributed by atoms with Gasteiger partial charge in [-0.05, 0) is 48.9 Å². The predicted octanol–water partition coefficient (Wildman–Crippen LogP) is 5.51. The smallest absolute Gasteiger partial charge is 0.274 e. The highest BCUT2D eigenvalue weighted by Gasteiger charge is 2.29. The van der Waals surface area contributed by atoms with Crippen LogP contribution in [-0.4, -0.2) is 58.5 Å². The summed E-state index contributed by atoms with van der Waals surface area (Å²) < 4.78 is 11.3. The number of nitrogens with zero attached hydrogens (tertiary/aromatic N) is 2. The van der Waals surface area contributed by atoms with Gasteiger partial charge in [-0.25, -0.2) is 0 Å². The molecule has 2 heterocycles. The summed E-state index contributed by atoms with van der Waals surface area (Å²) in [5.74, 6) is -0.253. The lowest BCUT2D eigenvalue weighted by Gasteiger charge is -2.26. The third-order valence-electron chi connectivity index (χ3n) is 7.82. The molecule has 8 heteroatoms. The molecule has 40 heavy (non-hydrogen) atoms. The van der Waals surface area contributed by atoms with Crippen LogP contribution in [0.15, 0.2) is 65.2 Å². The van der Waals surface area contributed by atoms with Crippen LogP contribution in [0.1, 0.15) is 40.9 Å². The number of rotatable bonds is 7. The molecule has 8 nitrogen and oxygen atoms in total. The first-order valence-corrected chi connectivity index (χ1v) is 13.8. The van der Waals surface area contributed by atoms with E-state index in [1.165, 1.54) is 6.07 Å². The van der Waals surface area contributed by atoms with Crippen molar-refractivity contribution >= 4 is 5.91 Å². The third kappa shape index (κ3) is 5.33. The maximum atomic E-state index is 13.3. The van der Waals surface area contributed by atoms with Crippen LogP contribution in [0.4, 0.5) is 0 Å². The summed E-state index contributed by atoms with van der Waals surface area (Å²) >= 11 is 0. The quantitative estimate of drug-likeness (QED) is 0.284. The van der Waals surface area contributed by atoms with Crippen LogP contribution in [0.25, 0.3) is 33.6 Å². The van der Waals surface area contributed by atoms with Gasteiger partial charge in [-0.3, -0.25) is 9.69 Å². The number of aromatic nitrogens is 1. The molecule has 1 aliphatic carbocycles. The minimum Gasteiger partial charge on any atom is -0.507 e. The molecule has 1 aliphatic heterocycles. The summed E-state index contributed by atoms with van der Waals surface area (Å²) in [6.45, 7) is 6.08. The number of carbonyl (C=O) groups is 1. The van der Waals surface area contributed by atoms with Crippen molar-refractivity contribution in [2.24, 2.45) is 0 Å². The van der Waals surface area contributed by atoms with E-state index in [4.69, 9.17) is 9.26 Å². The summed E-state index contributed by atoms with van der Waals surface area (Å²) in [6, 6.07) is 18.9. The van der Waals surface area contributed by atoms with E-state index in [1.807, 2.05) is 55.5 Å². The van der Waals surface area contributed by atoms with Crippen LogP contribution in [0.2, 0.25) is 0 Å². The second-order valence-corrected chi connectivity index (χ2v) is 10.7. The number of hydrogen-bond acceptors (Lipinski definition) is 7. The zero-order valence-corrected chi connectivity index (χ0v) is 22.5. The van der Waals surface area contributed by atoms with E-state index >= 15 is 0 Å². The van der Waals surface area contributed by atoms with Crippen molar-refractivity contribution in [3.8, 4) is 45.1 Å². The molecule has 1 aromatic heterocycles. The number of ether oxygens (including phenoxy) is 1. The fourth-order valence-electron chi connectivity index (χ4n) is 5.22. The van der Waals surface area contributed by atoms with E-state index in [1.54, 1.807) is 6.07 Å². The van der Waals surface area contributed by atoms with Crippen molar-refractivity contribution in [2.75, 3.05) is 26.3 Å². The molecule has 0 bridgehead atoms. The fraction of sp³-hybridized carbons (Fsp3) is 0.312. The highest BCUT2D eigenvalue weighted by Crippen LogP contribution is 2.44. The van der Waals surface area contributed by atoms with Crippen LogP contribution in [0.5, 0.6) is 11.5 Å². The molecule has 0 atom stereocenters. The van der Waals surface area contributed by atoms with Crippen molar-refractivity contribution in [3.63, 3.8) is 0 Å². The van der Waals surface area contributed by atoms with Gasteiger partial charge in [-0.15, -0.1) is 0 Å².